The average molecular weight is 317 g/mol. The van der Waals surface area contributed by atoms with E-state index >= 15 is 0 Å². The van der Waals surface area contributed by atoms with Gasteiger partial charge in [-0.05, 0) is 37.1 Å². The lowest BCUT2D eigenvalue weighted by atomic mass is 10.1. The van der Waals surface area contributed by atoms with Crippen molar-refractivity contribution in [3.63, 3.8) is 0 Å². The molecule has 118 valence electrons. The number of oxime groups is 1. The molecule has 0 atom stereocenters. The van der Waals surface area contributed by atoms with E-state index in [1.54, 1.807) is 6.07 Å². The van der Waals surface area contributed by atoms with Crippen molar-refractivity contribution in [3.05, 3.63) is 59.3 Å². The van der Waals surface area contributed by atoms with E-state index in [9.17, 15) is 13.6 Å². The van der Waals surface area contributed by atoms with Crippen molar-refractivity contribution in [2.75, 3.05) is 5.32 Å². The van der Waals surface area contributed by atoms with E-state index in [0.717, 1.165) is 25.0 Å². The molecule has 0 radical (unpaired) electrons. The molecule has 0 aliphatic heterocycles. The second-order valence-electron chi connectivity index (χ2n) is 5.24. The van der Waals surface area contributed by atoms with E-state index in [1.165, 1.54) is 18.3 Å². The zero-order valence-electron chi connectivity index (χ0n) is 12.0. The number of nitrogens with one attached hydrogen (secondary N) is 1. The Kier molecular flexibility index (Phi) is 4.01. The van der Waals surface area contributed by atoms with Crippen LogP contribution < -0.4 is 5.32 Å². The molecule has 2 aromatic rings. The molecule has 2 N–H and O–H groups in total. The van der Waals surface area contributed by atoms with Gasteiger partial charge in [-0.25, -0.2) is 13.8 Å². The molecule has 0 bridgehead atoms. The van der Waals surface area contributed by atoms with E-state index in [2.05, 4.69) is 15.5 Å². The van der Waals surface area contributed by atoms with Gasteiger partial charge in [0.2, 0.25) is 0 Å². The van der Waals surface area contributed by atoms with Crippen LogP contribution in [0.3, 0.4) is 0 Å². The fourth-order valence-electron chi connectivity index (χ4n) is 2.24. The first-order valence-electron chi connectivity index (χ1n) is 7.04. The molecule has 0 unspecified atom stereocenters. The number of hydrogen-bond donors (Lipinski definition) is 2. The van der Waals surface area contributed by atoms with Crippen LogP contribution in [0, 0.1) is 17.6 Å². The van der Waals surface area contributed by atoms with Crippen LogP contribution in [0.4, 0.5) is 14.6 Å². The van der Waals surface area contributed by atoms with Crippen LogP contribution in [0.5, 0.6) is 0 Å². The molecule has 23 heavy (non-hydrogen) atoms. The Bertz CT molecular complexity index is 751. The summed E-state index contributed by atoms with van der Waals surface area (Å²) in [5, 5.41) is 14.6. The summed E-state index contributed by atoms with van der Waals surface area (Å²) in [5.74, 6) is -2.42. The Morgan fingerprint density at radius 3 is 2.43 bits per heavy atom. The van der Waals surface area contributed by atoms with E-state index in [4.69, 9.17) is 5.21 Å². The van der Waals surface area contributed by atoms with Crippen molar-refractivity contribution in [1.29, 1.82) is 0 Å². The number of anilines is 1. The van der Waals surface area contributed by atoms with Gasteiger partial charge in [-0.15, -0.1) is 0 Å². The summed E-state index contributed by atoms with van der Waals surface area (Å²) < 4.78 is 27.1. The number of amides is 1. The van der Waals surface area contributed by atoms with Gasteiger partial charge in [0, 0.05) is 17.7 Å². The van der Waals surface area contributed by atoms with Gasteiger partial charge in [-0.2, -0.15) is 0 Å². The molecule has 0 saturated heterocycles. The van der Waals surface area contributed by atoms with Crippen LogP contribution in [-0.4, -0.2) is 21.8 Å². The molecule has 1 fully saturated rings. The Hall–Kier alpha value is -2.83. The number of hydrogen-bond acceptors (Lipinski definition) is 4. The van der Waals surface area contributed by atoms with Gasteiger partial charge >= 0.3 is 0 Å². The first-order chi connectivity index (χ1) is 11.1. The highest BCUT2D eigenvalue weighted by atomic mass is 19.1. The van der Waals surface area contributed by atoms with Crippen LogP contribution in [0.2, 0.25) is 0 Å². The summed E-state index contributed by atoms with van der Waals surface area (Å²) in [7, 11) is 0. The minimum absolute atomic E-state index is 0.148. The molecule has 1 aromatic heterocycles. The molecule has 1 amide bonds. The maximum Gasteiger partial charge on any atom is 0.262 e. The minimum Gasteiger partial charge on any atom is -0.411 e. The molecular weight excluding hydrogens is 304 g/mol. The number of carbonyl (C=O) groups excluding carboxylic acids is 1. The first kappa shape index (κ1) is 15.1. The van der Waals surface area contributed by atoms with Gasteiger partial charge in [0.25, 0.3) is 5.91 Å². The molecule has 1 aliphatic carbocycles. The van der Waals surface area contributed by atoms with E-state index in [0.29, 0.717) is 11.3 Å². The number of benzene rings is 1. The number of pyridine rings is 1. The topological polar surface area (TPSA) is 74.6 Å². The van der Waals surface area contributed by atoms with Gasteiger partial charge in [-0.1, -0.05) is 11.2 Å². The van der Waals surface area contributed by atoms with Crippen molar-refractivity contribution in [2.24, 2.45) is 11.1 Å². The quantitative estimate of drug-likeness (QED) is 0.516. The Labute approximate surface area is 130 Å². The Morgan fingerprint density at radius 2 is 1.91 bits per heavy atom. The van der Waals surface area contributed by atoms with Crippen molar-refractivity contribution < 1.29 is 18.8 Å². The number of halogens is 2. The normalized spacial score (nSPS) is 14.6. The zero-order chi connectivity index (χ0) is 16.4. The molecule has 1 aromatic carbocycles. The van der Waals surface area contributed by atoms with Crippen LogP contribution in [-0.2, 0) is 0 Å². The maximum atomic E-state index is 13.6. The number of nitrogens with zero attached hydrogens (tertiary/aromatic N) is 2. The van der Waals surface area contributed by atoms with Gasteiger partial charge in [0.05, 0.1) is 5.71 Å². The highest BCUT2D eigenvalue weighted by molar-refractivity contribution is 6.05. The predicted molar refractivity (Wildman–Crippen MR) is 79.6 cm³/mol. The Morgan fingerprint density at radius 1 is 1.22 bits per heavy atom. The molecule has 0 spiro atoms. The lowest BCUT2D eigenvalue weighted by molar-refractivity contribution is 0.101. The summed E-state index contributed by atoms with van der Waals surface area (Å²) in [5.41, 5.74) is 0.537. The Balaban J connectivity index is 1.77. The number of aromatic nitrogens is 1. The summed E-state index contributed by atoms with van der Waals surface area (Å²) in [4.78, 5) is 16.0. The summed E-state index contributed by atoms with van der Waals surface area (Å²) in [6.45, 7) is 0. The number of rotatable bonds is 4. The molecule has 1 heterocycles. The highest BCUT2D eigenvalue weighted by Gasteiger charge is 2.29. The third-order valence-electron chi connectivity index (χ3n) is 3.56. The lowest BCUT2D eigenvalue weighted by Gasteiger charge is -2.07. The minimum atomic E-state index is -0.942. The molecule has 3 rings (SSSR count). The van der Waals surface area contributed by atoms with Crippen molar-refractivity contribution >= 4 is 17.4 Å². The fourth-order valence-corrected chi connectivity index (χ4v) is 2.24. The maximum absolute atomic E-state index is 13.6. The van der Waals surface area contributed by atoms with Crippen LogP contribution in [0.15, 0.2) is 41.7 Å². The summed E-state index contributed by atoms with van der Waals surface area (Å²) >= 11 is 0. The first-order valence-corrected chi connectivity index (χ1v) is 7.04. The smallest absolute Gasteiger partial charge is 0.262 e. The molecule has 5 nitrogen and oxygen atoms in total. The molecule has 1 saturated carbocycles. The van der Waals surface area contributed by atoms with Gasteiger partial charge in [0.1, 0.15) is 23.0 Å². The number of carbonyl (C=O) groups is 1. The van der Waals surface area contributed by atoms with Crippen LogP contribution in [0.1, 0.15) is 28.8 Å². The van der Waals surface area contributed by atoms with E-state index in [-0.39, 0.29) is 11.7 Å². The predicted octanol–water partition coefficient (Wildman–Crippen LogP) is 3.20. The van der Waals surface area contributed by atoms with Gasteiger partial charge in [0.15, 0.2) is 0 Å². The van der Waals surface area contributed by atoms with Crippen molar-refractivity contribution in [3.8, 4) is 0 Å². The zero-order valence-corrected chi connectivity index (χ0v) is 12.0. The lowest BCUT2D eigenvalue weighted by Crippen LogP contribution is -2.17. The largest absolute Gasteiger partial charge is 0.411 e. The highest BCUT2D eigenvalue weighted by Crippen LogP contribution is 2.33. The summed E-state index contributed by atoms with van der Waals surface area (Å²) in [6.07, 6.45) is 3.37. The molecule has 1 aliphatic rings. The fraction of sp³-hybridized carbons (Fsp3) is 0.188. The standard InChI is InChI=1S/C16H13F2N3O2/c17-11-2-1-3-12(18)14(11)16(22)20-13-7-6-10(8-19-13)15(21-23)9-4-5-9/h1-3,6-9,23H,4-5H2,(H,19,20,22)/b21-15+. The second-order valence-corrected chi connectivity index (χ2v) is 5.24. The van der Waals surface area contributed by atoms with Crippen molar-refractivity contribution in [1.82, 2.24) is 4.98 Å². The molecule has 7 heteroatoms. The summed E-state index contributed by atoms with van der Waals surface area (Å²) in [6, 6.07) is 6.32. The van der Waals surface area contributed by atoms with Gasteiger partial charge < -0.3 is 10.5 Å². The second kappa shape index (κ2) is 6.12. The third-order valence-corrected chi connectivity index (χ3v) is 3.56. The average Bonchev–Trinajstić information content (AvgIpc) is 3.34. The monoisotopic (exact) mass is 317 g/mol. The van der Waals surface area contributed by atoms with Crippen LogP contribution in [0.25, 0.3) is 0 Å². The van der Waals surface area contributed by atoms with E-state index < -0.39 is 23.1 Å². The SMILES string of the molecule is O=C(Nc1ccc(/C(=N/O)C2CC2)cn1)c1c(F)cccc1F. The van der Waals surface area contributed by atoms with Crippen LogP contribution >= 0.6 is 0 Å². The molecular formula is C16H13F2N3O2. The third kappa shape index (κ3) is 3.18. The van der Waals surface area contributed by atoms with E-state index in [1.807, 2.05) is 0 Å². The van der Waals surface area contributed by atoms with Crippen molar-refractivity contribution in [2.45, 2.75) is 12.8 Å². The van der Waals surface area contributed by atoms with Gasteiger partial charge in [-0.3, -0.25) is 4.79 Å².